The van der Waals surface area contributed by atoms with Crippen molar-refractivity contribution in [3.05, 3.63) is 29.8 Å². The number of unbranched alkanes of at least 4 members (excludes halogenated alkanes) is 1. The Morgan fingerprint density at radius 1 is 1.14 bits per heavy atom. The van der Waals surface area contributed by atoms with Crippen molar-refractivity contribution >= 4 is 23.6 Å². The average Bonchev–Trinajstić information content (AvgIpc) is 2.42. The van der Waals surface area contributed by atoms with E-state index in [2.05, 4.69) is 5.32 Å². The van der Waals surface area contributed by atoms with Crippen LogP contribution in [0.4, 0.5) is 8.78 Å². The maximum atomic E-state index is 13.0. The topological polar surface area (TPSA) is 66.4 Å². The number of carbonyl (C=O) groups is 2. The Morgan fingerprint density at radius 2 is 1.90 bits per heavy atom. The van der Waals surface area contributed by atoms with Crippen LogP contribution < -0.4 is 5.32 Å². The average molecular weight is 317 g/mol. The fraction of sp³-hybridized carbons (Fsp3) is 0.429. The van der Waals surface area contributed by atoms with Gasteiger partial charge < -0.3 is 10.4 Å². The van der Waals surface area contributed by atoms with Crippen LogP contribution in [-0.2, 0) is 9.59 Å². The van der Waals surface area contributed by atoms with Crippen LogP contribution in [0.5, 0.6) is 0 Å². The highest BCUT2D eigenvalue weighted by Gasteiger charge is 2.05. The first-order chi connectivity index (χ1) is 9.99. The number of halogens is 2. The third kappa shape index (κ3) is 7.65. The summed E-state index contributed by atoms with van der Waals surface area (Å²) < 4.78 is 25.7. The van der Waals surface area contributed by atoms with Crippen LogP contribution in [0.25, 0.3) is 0 Å². The standard InChI is InChI=1S/C14H17F2NO3S/c15-11-5-4-10(9-12(11)16)21-8-6-13(18)17-7-2-1-3-14(19)20/h4-5,9H,1-3,6-8H2,(H,17,18)(H,19,20). The van der Waals surface area contributed by atoms with Crippen LogP contribution >= 0.6 is 11.8 Å². The number of carboxylic acid groups (broad SMARTS) is 1. The third-order valence-electron chi connectivity index (χ3n) is 2.63. The quantitative estimate of drug-likeness (QED) is 0.543. The zero-order valence-electron chi connectivity index (χ0n) is 11.4. The Kier molecular flexibility index (Phi) is 7.74. The predicted molar refractivity (Wildman–Crippen MR) is 76.2 cm³/mol. The van der Waals surface area contributed by atoms with Gasteiger partial charge in [0.15, 0.2) is 11.6 Å². The largest absolute Gasteiger partial charge is 0.481 e. The van der Waals surface area contributed by atoms with Gasteiger partial charge in [-0.15, -0.1) is 11.8 Å². The summed E-state index contributed by atoms with van der Waals surface area (Å²) in [6.45, 7) is 0.446. The normalized spacial score (nSPS) is 10.4. The zero-order chi connectivity index (χ0) is 15.7. The summed E-state index contributed by atoms with van der Waals surface area (Å²) in [6.07, 6.45) is 1.51. The lowest BCUT2D eigenvalue weighted by Crippen LogP contribution is -2.24. The lowest BCUT2D eigenvalue weighted by molar-refractivity contribution is -0.137. The Bertz CT molecular complexity index is 497. The molecule has 0 aliphatic heterocycles. The Balaban J connectivity index is 2.13. The molecule has 0 bridgehead atoms. The van der Waals surface area contributed by atoms with E-state index in [9.17, 15) is 18.4 Å². The number of amides is 1. The molecule has 1 aromatic rings. The molecule has 1 aromatic carbocycles. The molecule has 116 valence electrons. The molecule has 1 amide bonds. The van der Waals surface area contributed by atoms with Crippen LogP contribution in [0, 0.1) is 11.6 Å². The summed E-state index contributed by atoms with van der Waals surface area (Å²) in [4.78, 5) is 22.3. The van der Waals surface area contributed by atoms with Crippen LogP contribution in [0.3, 0.4) is 0 Å². The van der Waals surface area contributed by atoms with Crippen molar-refractivity contribution in [2.24, 2.45) is 0 Å². The number of hydrogen-bond acceptors (Lipinski definition) is 3. The maximum Gasteiger partial charge on any atom is 0.303 e. The first kappa shape index (κ1) is 17.4. The first-order valence-corrected chi connectivity index (χ1v) is 7.54. The summed E-state index contributed by atoms with van der Waals surface area (Å²) in [6, 6.07) is 3.62. The minimum atomic E-state index is -0.900. The number of carboxylic acids is 1. The number of benzene rings is 1. The van der Waals surface area contributed by atoms with Gasteiger partial charge in [-0.1, -0.05) is 0 Å². The van der Waals surface area contributed by atoms with Gasteiger partial charge >= 0.3 is 5.97 Å². The fourth-order valence-electron chi connectivity index (χ4n) is 1.55. The van der Waals surface area contributed by atoms with E-state index >= 15 is 0 Å². The molecule has 0 aromatic heterocycles. The van der Waals surface area contributed by atoms with Crippen LogP contribution in [0.2, 0.25) is 0 Å². The van der Waals surface area contributed by atoms with E-state index in [4.69, 9.17) is 5.11 Å². The van der Waals surface area contributed by atoms with Crippen LogP contribution in [-0.4, -0.2) is 29.3 Å². The molecule has 1 rings (SSSR count). The molecule has 0 fully saturated rings. The van der Waals surface area contributed by atoms with E-state index in [0.29, 0.717) is 30.0 Å². The van der Waals surface area contributed by atoms with E-state index in [1.807, 2.05) is 0 Å². The molecule has 0 aliphatic carbocycles. The van der Waals surface area contributed by atoms with Crippen molar-refractivity contribution in [1.29, 1.82) is 0 Å². The molecule has 0 unspecified atom stereocenters. The number of aliphatic carboxylic acids is 1. The van der Waals surface area contributed by atoms with E-state index in [0.717, 1.165) is 12.1 Å². The van der Waals surface area contributed by atoms with E-state index < -0.39 is 17.6 Å². The number of rotatable bonds is 9. The molecule has 0 radical (unpaired) electrons. The maximum absolute atomic E-state index is 13.0. The van der Waals surface area contributed by atoms with Gasteiger partial charge in [-0.3, -0.25) is 9.59 Å². The molecular formula is C14H17F2NO3S. The molecule has 0 aliphatic rings. The number of hydrogen-bond donors (Lipinski definition) is 2. The van der Waals surface area contributed by atoms with E-state index in [1.165, 1.54) is 17.8 Å². The van der Waals surface area contributed by atoms with E-state index in [1.54, 1.807) is 0 Å². The molecule has 2 N–H and O–H groups in total. The highest BCUT2D eigenvalue weighted by atomic mass is 32.2. The number of carbonyl (C=O) groups excluding carboxylic acids is 1. The smallest absolute Gasteiger partial charge is 0.303 e. The molecule has 0 spiro atoms. The third-order valence-corrected chi connectivity index (χ3v) is 3.62. The second-order valence-electron chi connectivity index (χ2n) is 4.38. The van der Waals surface area contributed by atoms with Gasteiger partial charge in [0.2, 0.25) is 5.91 Å². The highest BCUT2D eigenvalue weighted by Crippen LogP contribution is 2.20. The monoisotopic (exact) mass is 317 g/mol. The minimum Gasteiger partial charge on any atom is -0.481 e. The summed E-state index contributed by atoms with van der Waals surface area (Å²) in [5, 5.41) is 11.1. The van der Waals surface area contributed by atoms with Gasteiger partial charge in [0.05, 0.1) is 0 Å². The molecule has 0 heterocycles. The zero-order valence-corrected chi connectivity index (χ0v) is 12.2. The Hall–Kier alpha value is -1.63. The van der Waals surface area contributed by atoms with Crippen molar-refractivity contribution in [3.63, 3.8) is 0 Å². The van der Waals surface area contributed by atoms with Crippen molar-refractivity contribution in [3.8, 4) is 0 Å². The molecule has 21 heavy (non-hydrogen) atoms. The van der Waals surface area contributed by atoms with E-state index in [-0.39, 0.29) is 18.7 Å². The lowest BCUT2D eigenvalue weighted by atomic mass is 10.2. The van der Waals surface area contributed by atoms with Crippen molar-refractivity contribution < 1.29 is 23.5 Å². The number of nitrogens with one attached hydrogen (secondary N) is 1. The fourth-order valence-corrected chi connectivity index (χ4v) is 2.42. The lowest BCUT2D eigenvalue weighted by Gasteiger charge is -2.05. The van der Waals surface area contributed by atoms with Gasteiger partial charge in [-0.25, -0.2) is 8.78 Å². The predicted octanol–water partition coefficient (Wildman–Crippen LogP) is 2.82. The molecule has 0 saturated heterocycles. The van der Waals surface area contributed by atoms with Gasteiger partial charge in [0.1, 0.15) is 0 Å². The first-order valence-electron chi connectivity index (χ1n) is 6.55. The highest BCUT2D eigenvalue weighted by molar-refractivity contribution is 7.99. The van der Waals surface area contributed by atoms with Gasteiger partial charge in [-0.05, 0) is 31.0 Å². The molecule has 7 heteroatoms. The summed E-state index contributed by atoms with van der Waals surface area (Å²) >= 11 is 1.27. The van der Waals surface area contributed by atoms with Gasteiger partial charge in [-0.2, -0.15) is 0 Å². The van der Waals surface area contributed by atoms with Crippen LogP contribution in [0.15, 0.2) is 23.1 Å². The minimum absolute atomic E-state index is 0.0991. The van der Waals surface area contributed by atoms with Crippen molar-refractivity contribution in [2.75, 3.05) is 12.3 Å². The second kappa shape index (κ2) is 9.33. The number of thioether (sulfide) groups is 1. The Labute approximate surface area is 125 Å². The summed E-state index contributed by atoms with van der Waals surface area (Å²) in [5.41, 5.74) is 0. The summed E-state index contributed by atoms with van der Waals surface area (Å²) in [7, 11) is 0. The van der Waals surface area contributed by atoms with Gasteiger partial charge in [0.25, 0.3) is 0 Å². The molecule has 0 saturated carbocycles. The molecule has 0 atom stereocenters. The van der Waals surface area contributed by atoms with Crippen molar-refractivity contribution in [1.82, 2.24) is 5.32 Å². The van der Waals surface area contributed by atoms with Crippen LogP contribution in [0.1, 0.15) is 25.7 Å². The second-order valence-corrected chi connectivity index (χ2v) is 5.54. The van der Waals surface area contributed by atoms with Gasteiger partial charge in [0, 0.05) is 30.0 Å². The SMILES string of the molecule is O=C(O)CCCCNC(=O)CCSc1ccc(F)c(F)c1. The van der Waals surface area contributed by atoms with Crippen molar-refractivity contribution in [2.45, 2.75) is 30.6 Å². The molecular weight excluding hydrogens is 300 g/mol. The summed E-state index contributed by atoms with van der Waals surface area (Å²) in [5.74, 6) is -2.31. The molecule has 4 nitrogen and oxygen atoms in total. The Morgan fingerprint density at radius 3 is 2.57 bits per heavy atom.